The van der Waals surface area contributed by atoms with E-state index in [9.17, 15) is 9.59 Å². The normalized spacial score (nSPS) is 10.8. The first kappa shape index (κ1) is 17.9. The molecule has 0 bridgehead atoms. The minimum Gasteiger partial charge on any atom is -0.346 e. The van der Waals surface area contributed by atoms with Crippen molar-refractivity contribution in [2.24, 2.45) is 0 Å². The van der Waals surface area contributed by atoms with E-state index in [1.54, 1.807) is 42.5 Å². The third kappa shape index (κ3) is 3.40. The molecule has 4 aromatic rings. The van der Waals surface area contributed by atoms with Crippen molar-refractivity contribution in [1.82, 2.24) is 15.1 Å². The molecule has 138 valence electrons. The second kappa shape index (κ2) is 7.66. The highest BCUT2D eigenvalue weighted by Crippen LogP contribution is 2.17. The van der Waals surface area contributed by atoms with Crippen LogP contribution in [-0.2, 0) is 6.54 Å². The minimum absolute atomic E-state index is 0.186. The van der Waals surface area contributed by atoms with Crippen LogP contribution in [0.15, 0.2) is 83.7 Å². The fourth-order valence-electron chi connectivity index (χ4n) is 3.00. The standard InChI is InChI=1S/C22H16ClN3O2/c23-19-13-7-4-8-15(19)14-24-21(27)20-17-11-5-6-12-18(17)22(28)26(25-20)16-9-2-1-3-10-16/h1-13H,14H2,(H,24,27). The fraction of sp³-hybridized carbons (Fsp3) is 0.0455. The predicted molar refractivity (Wildman–Crippen MR) is 110 cm³/mol. The molecule has 3 aromatic carbocycles. The summed E-state index contributed by atoms with van der Waals surface area (Å²) in [6.45, 7) is 0.263. The van der Waals surface area contributed by atoms with Gasteiger partial charge in [-0.05, 0) is 29.8 Å². The molecule has 0 unspecified atom stereocenters. The van der Waals surface area contributed by atoms with Gasteiger partial charge in [0.25, 0.3) is 11.5 Å². The van der Waals surface area contributed by atoms with Crippen LogP contribution in [0.3, 0.4) is 0 Å². The third-order valence-corrected chi connectivity index (χ3v) is 4.79. The SMILES string of the molecule is O=C(NCc1ccccc1Cl)c1nn(-c2ccccc2)c(=O)c2ccccc12. The zero-order valence-electron chi connectivity index (χ0n) is 14.8. The monoisotopic (exact) mass is 389 g/mol. The Morgan fingerprint density at radius 2 is 1.54 bits per heavy atom. The number of rotatable bonds is 4. The van der Waals surface area contributed by atoms with Gasteiger partial charge in [-0.15, -0.1) is 0 Å². The zero-order valence-corrected chi connectivity index (χ0v) is 15.6. The predicted octanol–water partition coefficient (Wildman–Crippen LogP) is 3.97. The molecule has 6 heteroatoms. The van der Waals surface area contributed by atoms with Crippen molar-refractivity contribution >= 4 is 28.3 Å². The summed E-state index contributed by atoms with van der Waals surface area (Å²) < 4.78 is 1.26. The largest absolute Gasteiger partial charge is 0.346 e. The molecule has 28 heavy (non-hydrogen) atoms. The molecule has 1 amide bonds. The molecule has 0 spiro atoms. The molecule has 5 nitrogen and oxygen atoms in total. The lowest BCUT2D eigenvalue weighted by Gasteiger charge is -2.12. The van der Waals surface area contributed by atoms with Gasteiger partial charge in [0.05, 0.1) is 11.1 Å². The van der Waals surface area contributed by atoms with Gasteiger partial charge < -0.3 is 5.32 Å². The molecule has 0 saturated heterocycles. The van der Waals surface area contributed by atoms with Crippen LogP contribution in [0.1, 0.15) is 16.1 Å². The first-order valence-corrected chi connectivity index (χ1v) is 9.12. The number of benzene rings is 3. The van der Waals surface area contributed by atoms with E-state index in [1.165, 1.54) is 4.68 Å². The summed E-state index contributed by atoms with van der Waals surface area (Å²) in [6.07, 6.45) is 0. The van der Waals surface area contributed by atoms with Crippen LogP contribution in [0.25, 0.3) is 16.5 Å². The zero-order chi connectivity index (χ0) is 19.5. The van der Waals surface area contributed by atoms with Crippen LogP contribution in [-0.4, -0.2) is 15.7 Å². The van der Waals surface area contributed by atoms with E-state index < -0.39 is 0 Å². The summed E-state index contributed by atoms with van der Waals surface area (Å²) in [5.41, 5.74) is 1.31. The molecule has 0 radical (unpaired) electrons. The molecular formula is C22H16ClN3O2. The molecule has 0 atom stereocenters. The van der Waals surface area contributed by atoms with Crippen molar-refractivity contribution in [2.45, 2.75) is 6.54 Å². The summed E-state index contributed by atoms with van der Waals surface area (Å²) >= 11 is 6.16. The number of para-hydroxylation sites is 1. The summed E-state index contributed by atoms with van der Waals surface area (Å²) in [7, 11) is 0. The van der Waals surface area contributed by atoms with Gasteiger partial charge in [0.1, 0.15) is 0 Å². The van der Waals surface area contributed by atoms with E-state index in [-0.39, 0.29) is 23.7 Å². The molecule has 1 heterocycles. The van der Waals surface area contributed by atoms with Crippen molar-refractivity contribution < 1.29 is 4.79 Å². The Hall–Kier alpha value is -3.44. The summed E-state index contributed by atoms with van der Waals surface area (Å²) in [5, 5.41) is 8.73. The topological polar surface area (TPSA) is 64.0 Å². The lowest BCUT2D eigenvalue weighted by molar-refractivity contribution is 0.0946. The quantitative estimate of drug-likeness (QED) is 0.574. The Bertz CT molecular complexity index is 1220. The summed E-state index contributed by atoms with van der Waals surface area (Å²) in [4.78, 5) is 25.8. The number of fused-ring (bicyclic) bond motifs is 1. The Morgan fingerprint density at radius 3 is 2.29 bits per heavy atom. The van der Waals surface area contributed by atoms with Gasteiger partial charge >= 0.3 is 0 Å². The second-order valence-corrected chi connectivity index (χ2v) is 6.63. The average molecular weight is 390 g/mol. The number of carbonyl (C=O) groups excluding carboxylic acids is 1. The van der Waals surface area contributed by atoms with Crippen molar-refractivity contribution in [3.63, 3.8) is 0 Å². The highest BCUT2D eigenvalue weighted by molar-refractivity contribution is 6.31. The van der Waals surface area contributed by atoms with Gasteiger partial charge in [-0.25, -0.2) is 0 Å². The number of aromatic nitrogens is 2. The van der Waals surface area contributed by atoms with E-state index in [2.05, 4.69) is 10.4 Å². The molecule has 4 rings (SSSR count). The van der Waals surface area contributed by atoms with E-state index in [4.69, 9.17) is 11.6 Å². The number of halogens is 1. The first-order chi connectivity index (χ1) is 13.6. The molecule has 0 fully saturated rings. The van der Waals surface area contributed by atoms with Crippen LogP contribution in [0, 0.1) is 0 Å². The minimum atomic E-state index is -0.374. The maximum Gasteiger partial charge on any atom is 0.279 e. The second-order valence-electron chi connectivity index (χ2n) is 6.22. The van der Waals surface area contributed by atoms with Crippen LogP contribution >= 0.6 is 11.6 Å². The molecule has 0 aliphatic heterocycles. The number of nitrogens with one attached hydrogen (secondary N) is 1. The average Bonchev–Trinajstić information content (AvgIpc) is 2.74. The Morgan fingerprint density at radius 1 is 0.893 bits per heavy atom. The molecule has 0 aliphatic carbocycles. The maximum atomic E-state index is 12.9. The number of hydrogen-bond donors (Lipinski definition) is 1. The van der Waals surface area contributed by atoms with Gasteiger partial charge in [-0.2, -0.15) is 9.78 Å². The molecular weight excluding hydrogens is 374 g/mol. The van der Waals surface area contributed by atoms with Crippen LogP contribution in [0.2, 0.25) is 5.02 Å². The van der Waals surface area contributed by atoms with Gasteiger partial charge in [0.15, 0.2) is 5.69 Å². The Labute approximate surface area is 166 Å². The van der Waals surface area contributed by atoms with Crippen molar-refractivity contribution in [1.29, 1.82) is 0 Å². The summed E-state index contributed by atoms with van der Waals surface area (Å²) in [5.74, 6) is -0.374. The van der Waals surface area contributed by atoms with Crippen LogP contribution < -0.4 is 10.9 Å². The third-order valence-electron chi connectivity index (χ3n) is 4.42. The Balaban J connectivity index is 1.77. The number of amides is 1. The Kier molecular flexibility index (Phi) is 4.91. The maximum absolute atomic E-state index is 12.9. The molecule has 0 saturated carbocycles. The lowest BCUT2D eigenvalue weighted by atomic mass is 10.1. The highest BCUT2D eigenvalue weighted by Gasteiger charge is 2.17. The number of hydrogen-bond acceptors (Lipinski definition) is 3. The van der Waals surface area contributed by atoms with Gasteiger partial charge in [-0.3, -0.25) is 9.59 Å². The smallest absolute Gasteiger partial charge is 0.279 e. The van der Waals surface area contributed by atoms with Crippen LogP contribution in [0.5, 0.6) is 0 Å². The summed E-state index contributed by atoms with van der Waals surface area (Å²) in [6, 6.07) is 23.3. The van der Waals surface area contributed by atoms with E-state index in [1.807, 2.05) is 36.4 Å². The van der Waals surface area contributed by atoms with E-state index >= 15 is 0 Å². The van der Waals surface area contributed by atoms with Gasteiger partial charge in [0, 0.05) is 17.0 Å². The fourth-order valence-corrected chi connectivity index (χ4v) is 3.20. The molecule has 1 aromatic heterocycles. The number of nitrogens with zero attached hydrogens (tertiary/aromatic N) is 2. The van der Waals surface area contributed by atoms with Gasteiger partial charge in [0.2, 0.25) is 0 Å². The van der Waals surface area contributed by atoms with Crippen LogP contribution in [0.4, 0.5) is 0 Å². The number of carbonyl (C=O) groups is 1. The van der Waals surface area contributed by atoms with Crippen molar-refractivity contribution in [3.05, 3.63) is 105 Å². The molecule has 1 N–H and O–H groups in total. The van der Waals surface area contributed by atoms with E-state index in [0.29, 0.717) is 21.5 Å². The van der Waals surface area contributed by atoms with Gasteiger partial charge in [-0.1, -0.05) is 66.2 Å². The van der Waals surface area contributed by atoms with Crippen molar-refractivity contribution in [3.8, 4) is 5.69 Å². The molecule has 0 aliphatic rings. The first-order valence-electron chi connectivity index (χ1n) is 8.74. The lowest BCUT2D eigenvalue weighted by Crippen LogP contribution is -2.29. The van der Waals surface area contributed by atoms with Crippen molar-refractivity contribution in [2.75, 3.05) is 0 Å². The van der Waals surface area contributed by atoms with E-state index in [0.717, 1.165) is 5.56 Å². The highest BCUT2D eigenvalue weighted by atomic mass is 35.5.